The van der Waals surface area contributed by atoms with Crippen molar-refractivity contribution in [1.82, 2.24) is 0 Å². The van der Waals surface area contributed by atoms with Gasteiger partial charge in [-0.1, -0.05) is 0 Å². The first-order valence-electron chi connectivity index (χ1n) is 5.96. The molecule has 1 saturated heterocycles. The quantitative estimate of drug-likeness (QED) is 0.853. The molecular weight excluding hydrogens is 257 g/mol. The summed E-state index contributed by atoms with van der Waals surface area (Å²) in [6, 6.07) is 4.93. The third kappa shape index (κ3) is 2.99. The minimum absolute atomic E-state index is 0.0103. The molecule has 1 heterocycles. The van der Waals surface area contributed by atoms with Gasteiger partial charge < -0.3 is 10.0 Å². The van der Waals surface area contributed by atoms with Crippen LogP contribution >= 0.6 is 0 Å². The maximum atomic E-state index is 12.6. The third-order valence-corrected chi connectivity index (χ3v) is 3.18. The number of anilines is 1. The summed E-state index contributed by atoms with van der Waals surface area (Å²) >= 11 is 0. The lowest BCUT2D eigenvalue weighted by Gasteiger charge is -2.32. The van der Waals surface area contributed by atoms with Crippen molar-refractivity contribution in [3.8, 4) is 6.07 Å². The average Bonchev–Trinajstić information content (AvgIpc) is 2.37. The highest BCUT2D eigenvalue weighted by Crippen LogP contribution is 2.33. The number of piperidine rings is 1. The van der Waals surface area contributed by atoms with E-state index in [-0.39, 0.29) is 5.56 Å². The van der Waals surface area contributed by atoms with E-state index in [9.17, 15) is 18.3 Å². The van der Waals surface area contributed by atoms with Gasteiger partial charge >= 0.3 is 6.18 Å². The molecule has 0 saturated carbocycles. The van der Waals surface area contributed by atoms with E-state index in [1.165, 1.54) is 6.07 Å². The zero-order valence-electron chi connectivity index (χ0n) is 10.1. The van der Waals surface area contributed by atoms with Gasteiger partial charge in [0.2, 0.25) is 0 Å². The molecular formula is C13H13F3N2O. The van der Waals surface area contributed by atoms with E-state index < -0.39 is 17.8 Å². The predicted molar refractivity (Wildman–Crippen MR) is 63.6 cm³/mol. The molecule has 0 radical (unpaired) electrons. The van der Waals surface area contributed by atoms with Gasteiger partial charge in [0.05, 0.1) is 22.9 Å². The lowest BCUT2D eigenvalue weighted by molar-refractivity contribution is -0.137. The SMILES string of the molecule is N#Cc1cc(C(F)(F)F)ccc1N1CCC[C@H](O)C1. The number of aliphatic hydroxyl groups excluding tert-OH is 1. The molecule has 0 aliphatic carbocycles. The topological polar surface area (TPSA) is 47.3 Å². The first-order chi connectivity index (χ1) is 8.91. The minimum Gasteiger partial charge on any atom is -0.391 e. The number of nitrogens with zero attached hydrogens (tertiary/aromatic N) is 2. The van der Waals surface area contributed by atoms with Crippen LogP contribution < -0.4 is 4.90 Å². The van der Waals surface area contributed by atoms with Crippen molar-refractivity contribution in [2.45, 2.75) is 25.1 Å². The highest BCUT2D eigenvalue weighted by molar-refractivity contribution is 5.61. The van der Waals surface area contributed by atoms with Gasteiger partial charge in [-0.2, -0.15) is 18.4 Å². The number of β-amino-alcohol motifs (C(OH)–C–C–N with tert-alkyl or cyclic N) is 1. The number of alkyl halides is 3. The Bertz CT molecular complexity index is 508. The highest BCUT2D eigenvalue weighted by Gasteiger charge is 2.31. The van der Waals surface area contributed by atoms with Crippen molar-refractivity contribution < 1.29 is 18.3 Å². The first-order valence-corrected chi connectivity index (χ1v) is 5.96. The van der Waals surface area contributed by atoms with Crippen LogP contribution in [0.5, 0.6) is 0 Å². The summed E-state index contributed by atoms with van der Waals surface area (Å²) in [5.41, 5.74) is -0.386. The smallest absolute Gasteiger partial charge is 0.391 e. The monoisotopic (exact) mass is 270 g/mol. The zero-order chi connectivity index (χ0) is 14.0. The summed E-state index contributed by atoms with van der Waals surface area (Å²) < 4.78 is 37.7. The molecule has 1 aromatic rings. The second kappa shape index (κ2) is 5.10. The lowest BCUT2D eigenvalue weighted by atomic mass is 10.0. The van der Waals surface area contributed by atoms with Crippen LogP contribution in [0.1, 0.15) is 24.0 Å². The average molecular weight is 270 g/mol. The summed E-state index contributed by atoms with van der Waals surface area (Å²) in [7, 11) is 0. The van der Waals surface area contributed by atoms with Crippen molar-refractivity contribution in [2.24, 2.45) is 0 Å². The second-order valence-corrected chi connectivity index (χ2v) is 4.58. The summed E-state index contributed by atoms with van der Waals surface area (Å²) in [5.74, 6) is 0. The first kappa shape index (κ1) is 13.7. The van der Waals surface area contributed by atoms with Gasteiger partial charge in [0.25, 0.3) is 0 Å². The molecule has 1 atom stereocenters. The minimum atomic E-state index is -4.45. The molecule has 0 amide bonds. The normalized spacial score (nSPS) is 20.2. The maximum Gasteiger partial charge on any atom is 0.416 e. The Kier molecular flexibility index (Phi) is 3.67. The van der Waals surface area contributed by atoms with Gasteiger partial charge in [-0.15, -0.1) is 0 Å². The molecule has 6 heteroatoms. The largest absolute Gasteiger partial charge is 0.416 e. The van der Waals surface area contributed by atoms with Crippen LogP contribution in [0, 0.1) is 11.3 Å². The molecule has 0 bridgehead atoms. The Hall–Kier alpha value is -1.74. The van der Waals surface area contributed by atoms with Crippen LogP contribution in [-0.4, -0.2) is 24.3 Å². The molecule has 0 aromatic heterocycles. The Morgan fingerprint density at radius 1 is 1.37 bits per heavy atom. The molecule has 102 valence electrons. The molecule has 1 aliphatic heterocycles. The van der Waals surface area contributed by atoms with Crippen molar-refractivity contribution in [3.05, 3.63) is 29.3 Å². The van der Waals surface area contributed by atoms with E-state index in [0.29, 0.717) is 25.2 Å². The summed E-state index contributed by atoms with van der Waals surface area (Å²) in [5, 5.41) is 18.6. The Labute approximate surface area is 108 Å². The van der Waals surface area contributed by atoms with Crippen molar-refractivity contribution in [3.63, 3.8) is 0 Å². The van der Waals surface area contributed by atoms with Crippen LogP contribution in [0.2, 0.25) is 0 Å². The molecule has 19 heavy (non-hydrogen) atoms. The molecule has 1 aliphatic rings. The number of rotatable bonds is 1. The van der Waals surface area contributed by atoms with E-state index in [2.05, 4.69) is 0 Å². The molecule has 0 unspecified atom stereocenters. The number of halogens is 3. The number of benzene rings is 1. The highest BCUT2D eigenvalue weighted by atomic mass is 19.4. The van der Waals surface area contributed by atoms with E-state index in [1.54, 1.807) is 11.0 Å². The molecule has 3 nitrogen and oxygen atoms in total. The van der Waals surface area contributed by atoms with Crippen LogP contribution in [0.4, 0.5) is 18.9 Å². The summed E-state index contributed by atoms with van der Waals surface area (Å²) in [6.45, 7) is 0.983. The number of hydrogen-bond donors (Lipinski definition) is 1. The van der Waals surface area contributed by atoms with Crippen LogP contribution in [0.25, 0.3) is 0 Å². The number of aliphatic hydroxyl groups is 1. The molecule has 1 fully saturated rings. The van der Waals surface area contributed by atoms with Crippen LogP contribution in [0.3, 0.4) is 0 Å². The standard InChI is InChI=1S/C13H13F3N2O/c14-13(15,16)10-3-4-12(9(6-10)7-17)18-5-1-2-11(19)8-18/h3-4,6,11,19H,1-2,5,8H2/t11-/m0/s1. The van der Waals surface area contributed by atoms with Gasteiger partial charge in [0.15, 0.2) is 0 Å². The second-order valence-electron chi connectivity index (χ2n) is 4.58. The predicted octanol–water partition coefficient (Wildman–Crippen LogP) is 2.54. The molecule has 1 aromatic carbocycles. The third-order valence-electron chi connectivity index (χ3n) is 3.18. The fourth-order valence-electron chi connectivity index (χ4n) is 2.25. The van der Waals surface area contributed by atoms with E-state index in [0.717, 1.165) is 18.6 Å². The maximum absolute atomic E-state index is 12.6. The van der Waals surface area contributed by atoms with Gasteiger partial charge in [0.1, 0.15) is 6.07 Å². The van der Waals surface area contributed by atoms with Gasteiger partial charge in [-0.3, -0.25) is 0 Å². The van der Waals surface area contributed by atoms with Crippen molar-refractivity contribution in [2.75, 3.05) is 18.0 Å². The van der Waals surface area contributed by atoms with Gasteiger partial charge in [0, 0.05) is 13.1 Å². The van der Waals surface area contributed by atoms with Crippen molar-refractivity contribution in [1.29, 1.82) is 5.26 Å². The molecule has 1 N–H and O–H groups in total. The lowest BCUT2D eigenvalue weighted by Crippen LogP contribution is -2.38. The van der Waals surface area contributed by atoms with E-state index in [1.807, 2.05) is 0 Å². The molecule has 2 rings (SSSR count). The zero-order valence-corrected chi connectivity index (χ0v) is 10.1. The summed E-state index contributed by atoms with van der Waals surface area (Å²) in [4.78, 5) is 1.76. The summed E-state index contributed by atoms with van der Waals surface area (Å²) in [6.07, 6.45) is -3.51. The Balaban J connectivity index is 2.34. The van der Waals surface area contributed by atoms with Gasteiger partial charge in [-0.05, 0) is 31.0 Å². The Morgan fingerprint density at radius 2 is 2.11 bits per heavy atom. The number of nitriles is 1. The van der Waals surface area contributed by atoms with Crippen molar-refractivity contribution >= 4 is 5.69 Å². The van der Waals surface area contributed by atoms with Gasteiger partial charge in [-0.25, -0.2) is 0 Å². The van der Waals surface area contributed by atoms with Crippen LogP contribution in [0.15, 0.2) is 18.2 Å². The fraction of sp³-hybridized carbons (Fsp3) is 0.462. The Morgan fingerprint density at radius 3 is 2.68 bits per heavy atom. The van der Waals surface area contributed by atoms with Crippen LogP contribution in [-0.2, 0) is 6.18 Å². The number of hydrogen-bond acceptors (Lipinski definition) is 3. The van der Waals surface area contributed by atoms with E-state index >= 15 is 0 Å². The molecule has 0 spiro atoms. The van der Waals surface area contributed by atoms with E-state index in [4.69, 9.17) is 5.26 Å². The fourth-order valence-corrected chi connectivity index (χ4v) is 2.25.